The van der Waals surface area contributed by atoms with Gasteiger partial charge >= 0.3 is 0 Å². The van der Waals surface area contributed by atoms with E-state index in [4.69, 9.17) is 16.3 Å². The first-order valence-electron chi connectivity index (χ1n) is 8.32. The van der Waals surface area contributed by atoms with Gasteiger partial charge in [0.05, 0.1) is 25.0 Å². The highest BCUT2D eigenvalue weighted by Gasteiger charge is 2.12. The Kier molecular flexibility index (Phi) is 5.88. The number of pyridine rings is 2. The van der Waals surface area contributed by atoms with E-state index in [1.54, 1.807) is 36.7 Å². The lowest BCUT2D eigenvalue weighted by Gasteiger charge is -2.13. The maximum atomic E-state index is 12.6. The standard InChI is InChI=1S/C20H19ClN4O2/c1-13-9-17(18(27-2)11-16(13)21)25-20(26)14-6-8-23-19(10-14)24-12-15-5-3-4-7-22-15/h3-11H,12H2,1-2H3,(H,23,24)(H,25,26). The predicted octanol–water partition coefficient (Wildman–Crippen LogP) is 4.31. The van der Waals surface area contributed by atoms with E-state index in [0.717, 1.165) is 11.3 Å². The largest absolute Gasteiger partial charge is 0.495 e. The number of nitrogens with one attached hydrogen (secondary N) is 2. The summed E-state index contributed by atoms with van der Waals surface area (Å²) < 4.78 is 5.30. The first kappa shape index (κ1) is 18.7. The molecule has 3 rings (SSSR count). The molecule has 1 aromatic carbocycles. The molecule has 0 unspecified atom stereocenters. The number of aryl methyl sites for hydroxylation is 1. The van der Waals surface area contributed by atoms with Gasteiger partial charge in [-0.3, -0.25) is 9.78 Å². The SMILES string of the molecule is COc1cc(Cl)c(C)cc1NC(=O)c1ccnc(NCc2ccccn2)c1. The fraction of sp³-hybridized carbons (Fsp3) is 0.150. The van der Waals surface area contributed by atoms with E-state index in [0.29, 0.717) is 34.4 Å². The van der Waals surface area contributed by atoms with Crippen LogP contribution in [0.4, 0.5) is 11.5 Å². The number of ether oxygens (including phenoxy) is 1. The van der Waals surface area contributed by atoms with Gasteiger partial charge in [-0.15, -0.1) is 0 Å². The Bertz CT molecular complexity index is 948. The van der Waals surface area contributed by atoms with Crippen LogP contribution in [0, 0.1) is 6.92 Å². The highest BCUT2D eigenvalue weighted by atomic mass is 35.5. The quantitative estimate of drug-likeness (QED) is 0.664. The van der Waals surface area contributed by atoms with Crippen LogP contribution in [0.15, 0.2) is 54.9 Å². The van der Waals surface area contributed by atoms with E-state index in [-0.39, 0.29) is 5.91 Å². The van der Waals surface area contributed by atoms with Crippen molar-refractivity contribution >= 4 is 29.0 Å². The number of hydrogen-bond donors (Lipinski definition) is 2. The number of amides is 1. The van der Waals surface area contributed by atoms with Crippen molar-refractivity contribution in [3.63, 3.8) is 0 Å². The van der Waals surface area contributed by atoms with Crippen LogP contribution in [0.5, 0.6) is 5.75 Å². The van der Waals surface area contributed by atoms with Crippen molar-refractivity contribution in [2.45, 2.75) is 13.5 Å². The number of anilines is 2. The molecule has 2 heterocycles. The van der Waals surface area contributed by atoms with Gasteiger partial charge in [0.25, 0.3) is 5.91 Å². The third-order valence-electron chi connectivity index (χ3n) is 3.93. The molecule has 2 aromatic heterocycles. The number of aromatic nitrogens is 2. The number of carbonyl (C=O) groups is 1. The predicted molar refractivity (Wildman–Crippen MR) is 106 cm³/mol. The van der Waals surface area contributed by atoms with Gasteiger partial charge in [-0.05, 0) is 42.8 Å². The first-order valence-corrected chi connectivity index (χ1v) is 8.70. The third-order valence-corrected chi connectivity index (χ3v) is 4.34. The molecule has 0 aliphatic heterocycles. The lowest BCUT2D eigenvalue weighted by molar-refractivity contribution is 0.102. The third kappa shape index (κ3) is 4.74. The highest BCUT2D eigenvalue weighted by molar-refractivity contribution is 6.31. The van der Waals surface area contributed by atoms with Gasteiger partial charge in [-0.25, -0.2) is 4.98 Å². The molecule has 0 radical (unpaired) electrons. The summed E-state index contributed by atoms with van der Waals surface area (Å²) in [6, 6.07) is 12.5. The van der Waals surface area contributed by atoms with Crippen molar-refractivity contribution in [2.24, 2.45) is 0 Å². The molecular formula is C20H19ClN4O2. The Labute approximate surface area is 162 Å². The van der Waals surface area contributed by atoms with Crippen LogP contribution in [0.2, 0.25) is 5.02 Å². The summed E-state index contributed by atoms with van der Waals surface area (Å²) in [5.41, 5.74) is 2.77. The van der Waals surface area contributed by atoms with Crippen LogP contribution in [0.3, 0.4) is 0 Å². The van der Waals surface area contributed by atoms with Crippen molar-refractivity contribution in [3.8, 4) is 5.75 Å². The van der Waals surface area contributed by atoms with Crippen molar-refractivity contribution in [2.75, 3.05) is 17.7 Å². The molecule has 3 aromatic rings. The van der Waals surface area contributed by atoms with E-state index in [2.05, 4.69) is 20.6 Å². The zero-order chi connectivity index (χ0) is 19.2. The average molecular weight is 383 g/mol. The zero-order valence-corrected chi connectivity index (χ0v) is 15.7. The topological polar surface area (TPSA) is 76.1 Å². The van der Waals surface area contributed by atoms with Crippen LogP contribution < -0.4 is 15.4 Å². The number of nitrogens with zero attached hydrogens (tertiary/aromatic N) is 2. The number of rotatable bonds is 6. The second kappa shape index (κ2) is 8.51. The number of halogens is 1. The summed E-state index contributed by atoms with van der Waals surface area (Å²) in [6.45, 7) is 2.38. The van der Waals surface area contributed by atoms with Gasteiger partial charge in [0.15, 0.2) is 0 Å². The number of benzene rings is 1. The monoisotopic (exact) mass is 382 g/mol. The van der Waals surface area contributed by atoms with Crippen molar-refractivity contribution in [3.05, 3.63) is 76.7 Å². The van der Waals surface area contributed by atoms with Crippen LogP contribution in [-0.2, 0) is 6.54 Å². The second-order valence-electron chi connectivity index (χ2n) is 5.86. The van der Waals surface area contributed by atoms with Gasteiger partial charge in [-0.2, -0.15) is 0 Å². The molecule has 2 N–H and O–H groups in total. The maximum Gasteiger partial charge on any atom is 0.255 e. The number of carbonyl (C=O) groups excluding carboxylic acids is 1. The molecule has 1 amide bonds. The van der Waals surface area contributed by atoms with Gasteiger partial charge in [0.1, 0.15) is 11.6 Å². The lowest BCUT2D eigenvalue weighted by atomic mass is 10.2. The van der Waals surface area contributed by atoms with Gasteiger partial charge in [0, 0.05) is 29.0 Å². The number of hydrogen-bond acceptors (Lipinski definition) is 5. The molecule has 0 aliphatic carbocycles. The van der Waals surface area contributed by atoms with E-state index in [1.807, 2.05) is 25.1 Å². The van der Waals surface area contributed by atoms with Gasteiger partial charge < -0.3 is 15.4 Å². The van der Waals surface area contributed by atoms with Gasteiger partial charge in [-0.1, -0.05) is 17.7 Å². The van der Waals surface area contributed by atoms with Crippen molar-refractivity contribution in [1.29, 1.82) is 0 Å². The average Bonchev–Trinajstić information content (AvgIpc) is 2.70. The smallest absolute Gasteiger partial charge is 0.255 e. The summed E-state index contributed by atoms with van der Waals surface area (Å²) in [5.74, 6) is 0.826. The van der Waals surface area contributed by atoms with E-state index in [9.17, 15) is 4.79 Å². The Morgan fingerprint density at radius 3 is 2.74 bits per heavy atom. The summed E-state index contributed by atoms with van der Waals surface area (Å²) in [4.78, 5) is 21.1. The molecule has 0 aliphatic rings. The van der Waals surface area contributed by atoms with Crippen molar-refractivity contribution in [1.82, 2.24) is 9.97 Å². The summed E-state index contributed by atoms with van der Waals surface area (Å²) in [5, 5.41) is 6.60. The molecule has 0 saturated carbocycles. The molecule has 0 saturated heterocycles. The molecule has 0 bridgehead atoms. The molecule has 138 valence electrons. The minimum Gasteiger partial charge on any atom is -0.495 e. The Balaban J connectivity index is 1.73. The molecule has 7 heteroatoms. The maximum absolute atomic E-state index is 12.6. The molecule has 0 atom stereocenters. The highest BCUT2D eigenvalue weighted by Crippen LogP contribution is 2.31. The van der Waals surface area contributed by atoms with E-state index >= 15 is 0 Å². The van der Waals surface area contributed by atoms with Crippen molar-refractivity contribution < 1.29 is 9.53 Å². The van der Waals surface area contributed by atoms with Crippen LogP contribution in [0.1, 0.15) is 21.6 Å². The molecule has 6 nitrogen and oxygen atoms in total. The fourth-order valence-corrected chi connectivity index (χ4v) is 2.63. The van der Waals surface area contributed by atoms with Crippen LogP contribution in [0.25, 0.3) is 0 Å². The Morgan fingerprint density at radius 2 is 2.00 bits per heavy atom. The lowest BCUT2D eigenvalue weighted by Crippen LogP contribution is -2.14. The second-order valence-corrected chi connectivity index (χ2v) is 6.27. The minimum atomic E-state index is -0.265. The summed E-state index contributed by atoms with van der Waals surface area (Å²) >= 11 is 6.11. The summed E-state index contributed by atoms with van der Waals surface area (Å²) in [7, 11) is 1.53. The molecule has 0 fully saturated rings. The first-order chi connectivity index (χ1) is 13.1. The Hall–Kier alpha value is -3.12. The zero-order valence-electron chi connectivity index (χ0n) is 15.0. The molecule has 27 heavy (non-hydrogen) atoms. The Morgan fingerprint density at radius 1 is 1.15 bits per heavy atom. The van der Waals surface area contributed by atoms with Gasteiger partial charge in [0.2, 0.25) is 0 Å². The van der Waals surface area contributed by atoms with Crippen LogP contribution >= 0.6 is 11.6 Å². The van der Waals surface area contributed by atoms with E-state index in [1.165, 1.54) is 7.11 Å². The minimum absolute atomic E-state index is 0.265. The normalized spacial score (nSPS) is 10.3. The molecular weight excluding hydrogens is 364 g/mol. The molecule has 0 spiro atoms. The van der Waals surface area contributed by atoms with E-state index < -0.39 is 0 Å². The summed E-state index contributed by atoms with van der Waals surface area (Å²) in [6.07, 6.45) is 3.32. The van der Waals surface area contributed by atoms with Crippen LogP contribution in [-0.4, -0.2) is 23.0 Å². The number of methoxy groups -OCH3 is 1. The fourth-order valence-electron chi connectivity index (χ4n) is 2.48.